The molecule has 0 saturated heterocycles. The summed E-state index contributed by atoms with van der Waals surface area (Å²) in [6.45, 7) is 5.60. The molecule has 0 aliphatic carbocycles. The first-order valence-electron chi connectivity index (χ1n) is 7.09. The molecule has 4 N–H and O–H groups in total. The predicted molar refractivity (Wildman–Crippen MR) is 95.3 cm³/mol. The molecule has 0 aliphatic rings. The van der Waals surface area contributed by atoms with Gasteiger partial charge in [0.25, 0.3) is 0 Å². The standard InChI is InChI=1S/C15H20ClN5OS/c1-4-21(15(22)10(2)23-11(3)17)13(14(16)18)9-20-12-6-5-7-19-8-12/h5-10,17-18,20H,4H2,1-3H3/p+1/b13-9+,17-11?,18-14?. The molecule has 0 radical (unpaired) electrons. The van der Waals surface area contributed by atoms with Crippen molar-refractivity contribution in [2.45, 2.75) is 26.0 Å². The molecule has 1 atom stereocenters. The molecular weight excluding hydrogens is 334 g/mol. The van der Waals surface area contributed by atoms with Crippen molar-refractivity contribution in [3.8, 4) is 0 Å². The minimum absolute atomic E-state index is 0.180. The SMILES string of the molecule is CCN(C(=O)C(C)SC(C)=N)/C(=C/[NH2+]c1cccnc1)C(=N)Cl. The number of quaternary nitrogens is 1. The molecule has 1 amide bonds. The third kappa shape index (κ3) is 6.13. The number of rotatable bonds is 7. The Hall–Kier alpha value is -1.70. The third-order valence-electron chi connectivity index (χ3n) is 2.92. The van der Waals surface area contributed by atoms with Gasteiger partial charge in [-0.2, -0.15) is 0 Å². The Kier molecular flexibility index (Phi) is 7.94. The van der Waals surface area contributed by atoms with E-state index < -0.39 is 5.25 Å². The van der Waals surface area contributed by atoms with E-state index in [1.807, 2.05) is 13.0 Å². The number of amides is 1. The molecule has 1 heterocycles. The maximum atomic E-state index is 12.6. The van der Waals surface area contributed by atoms with E-state index in [0.717, 1.165) is 5.69 Å². The molecule has 6 nitrogen and oxygen atoms in total. The lowest BCUT2D eigenvalue weighted by atomic mass is 10.3. The Morgan fingerprint density at radius 3 is 2.74 bits per heavy atom. The van der Waals surface area contributed by atoms with Crippen molar-refractivity contribution < 1.29 is 10.1 Å². The molecule has 0 spiro atoms. The zero-order valence-electron chi connectivity index (χ0n) is 13.3. The molecule has 1 aromatic rings. The second-order valence-corrected chi connectivity index (χ2v) is 6.65. The van der Waals surface area contributed by atoms with Crippen LogP contribution in [-0.2, 0) is 4.79 Å². The van der Waals surface area contributed by atoms with Gasteiger partial charge in [0.1, 0.15) is 17.1 Å². The van der Waals surface area contributed by atoms with E-state index in [1.54, 1.807) is 43.8 Å². The van der Waals surface area contributed by atoms with E-state index in [0.29, 0.717) is 17.3 Å². The van der Waals surface area contributed by atoms with E-state index in [-0.39, 0.29) is 11.1 Å². The highest BCUT2D eigenvalue weighted by Crippen LogP contribution is 2.18. The van der Waals surface area contributed by atoms with Gasteiger partial charge in [-0.25, -0.2) is 0 Å². The summed E-state index contributed by atoms with van der Waals surface area (Å²) in [5, 5.41) is 16.8. The first kappa shape index (κ1) is 19.3. The van der Waals surface area contributed by atoms with Crippen LogP contribution in [0.25, 0.3) is 0 Å². The summed E-state index contributed by atoms with van der Waals surface area (Å²) < 4.78 is 0. The molecule has 1 rings (SSSR count). The zero-order chi connectivity index (χ0) is 17.4. The first-order chi connectivity index (χ1) is 10.9. The molecule has 1 unspecified atom stereocenters. The number of halogens is 1. The quantitative estimate of drug-likeness (QED) is 0.517. The van der Waals surface area contributed by atoms with E-state index in [9.17, 15) is 4.79 Å². The number of nitrogens with two attached hydrogens (primary N) is 1. The number of carbonyl (C=O) groups excluding carboxylic acids is 1. The molecule has 0 aliphatic heterocycles. The number of aromatic nitrogens is 1. The van der Waals surface area contributed by atoms with Crippen LogP contribution in [0.5, 0.6) is 0 Å². The summed E-state index contributed by atoms with van der Waals surface area (Å²) >= 11 is 7.06. The minimum Gasteiger partial charge on any atom is -0.305 e. The highest BCUT2D eigenvalue weighted by Gasteiger charge is 2.25. The van der Waals surface area contributed by atoms with Gasteiger partial charge in [-0.05, 0) is 26.8 Å². The van der Waals surface area contributed by atoms with E-state index >= 15 is 0 Å². The highest BCUT2D eigenvalue weighted by atomic mass is 35.5. The van der Waals surface area contributed by atoms with Crippen molar-refractivity contribution in [3.63, 3.8) is 0 Å². The zero-order valence-corrected chi connectivity index (χ0v) is 14.9. The number of hydrogen-bond acceptors (Lipinski definition) is 5. The van der Waals surface area contributed by atoms with E-state index in [4.69, 9.17) is 22.4 Å². The summed E-state index contributed by atoms with van der Waals surface area (Å²) in [5.41, 5.74) is 1.18. The number of pyridine rings is 1. The molecule has 0 saturated carbocycles. The lowest BCUT2D eigenvalue weighted by Gasteiger charge is -2.24. The fourth-order valence-corrected chi connectivity index (χ4v) is 2.83. The van der Waals surface area contributed by atoms with Crippen LogP contribution in [0.15, 0.2) is 36.4 Å². The van der Waals surface area contributed by atoms with Crippen molar-refractivity contribution in [2.75, 3.05) is 6.54 Å². The molecular formula is C15H21ClN5OS+. The molecule has 0 bridgehead atoms. The van der Waals surface area contributed by atoms with Gasteiger partial charge in [0, 0.05) is 18.8 Å². The Balaban J connectivity index is 2.98. The third-order valence-corrected chi connectivity index (χ3v) is 4.02. The largest absolute Gasteiger partial charge is 0.305 e. The van der Waals surface area contributed by atoms with Crippen LogP contribution in [0.3, 0.4) is 0 Å². The highest BCUT2D eigenvalue weighted by molar-refractivity contribution is 8.14. The first-order valence-corrected chi connectivity index (χ1v) is 8.35. The Morgan fingerprint density at radius 2 is 2.26 bits per heavy atom. The molecule has 0 aromatic carbocycles. The summed E-state index contributed by atoms with van der Waals surface area (Å²) in [6.07, 6.45) is 5.00. The summed E-state index contributed by atoms with van der Waals surface area (Å²) in [6, 6.07) is 3.67. The van der Waals surface area contributed by atoms with Crippen LogP contribution in [0.2, 0.25) is 0 Å². The molecule has 124 valence electrons. The fourth-order valence-electron chi connectivity index (χ4n) is 1.91. The topological polar surface area (TPSA) is 97.5 Å². The average Bonchev–Trinajstić information content (AvgIpc) is 2.50. The predicted octanol–water partition coefficient (Wildman–Crippen LogP) is 2.30. The second kappa shape index (κ2) is 9.44. The van der Waals surface area contributed by atoms with Crippen LogP contribution in [0.1, 0.15) is 20.8 Å². The van der Waals surface area contributed by atoms with Crippen molar-refractivity contribution in [2.24, 2.45) is 0 Å². The van der Waals surface area contributed by atoms with Crippen molar-refractivity contribution in [1.29, 1.82) is 10.8 Å². The minimum atomic E-state index is -0.412. The van der Waals surface area contributed by atoms with Gasteiger partial charge in [-0.3, -0.25) is 25.9 Å². The van der Waals surface area contributed by atoms with Crippen molar-refractivity contribution in [3.05, 3.63) is 36.4 Å². The molecule has 1 aromatic heterocycles. The molecule has 23 heavy (non-hydrogen) atoms. The molecule has 0 fully saturated rings. The number of nitrogens with zero attached hydrogens (tertiary/aromatic N) is 2. The maximum Gasteiger partial charge on any atom is 0.240 e. The van der Waals surface area contributed by atoms with Crippen molar-refractivity contribution >= 4 is 45.2 Å². The van der Waals surface area contributed by atoms with Crippen LogP contribution in [-0.4, -0.2) is 37.8 Å². The number of carbonyl (C=O) groups is 1. The number of thioether (sulfide) groups is 1. The van der Waals surface area contributed by atoms with E-state index in [1.165, 1.54) is 16.7 Å². The Morgan fingerprint density at radius 1 is 1.57 bits per heavy atom. The van der Waals surface area contributed by atoms with Gasteiger partial charge >= 0.3 is 0 Å². The monoisotopic (exact) mass is 354 g/mol. The van der Waals surface area contributed by atoms with Gasteiger partial charge in [0.05, 0.1) is 16.5 Å². The lowest BCUT2D eigenvalue weighted by Crippen LogP contribution is -2.72. The Labute approximate surface area is 145 Å². The fraction of sp³-hybridized carbons (Fsp3) is 0.333. The van der Waals surface area contributed by atoms with Crippen LogP contribution in [0, 0.1) is 10.8 Å². The number of allylic oxidation sites excluding steroid dienone is 1. The molecule has 8 heteroatoms. The average molecular weight is 355 g/mol. The lowest BCUT2D eigenvalue weighted by molar-refractivity contribution is -0.497. The summed E-state index contributed by atoms with van der Waals surface area (Å²) in [5.74, 6) is -0.180. The Bertz CT molecular complexity index is 605. The van der Waals surface area contributed by atoms with Gasteiger partial charge < -0.3 is 4.90 Å². The number of hydrogen-bond donors (Lipinski definition) is 3. The van der Waals surface area contributed by atoms with Gasteiger partial charge in [-0.15, -0.1) is 0 Å². The van der Waals surface area contributed by atoms with Gasteiger partial charge in [0.2, 0.25) is 5.91 Å². The summed E-state index contributed by atoms with van der Waals surface area (Å²) in [7, 11) is 0. The summed E-state index contributed by atoms with van der Waals surface area (Å²) in [4.78, 5) is 18.0. The van der Waals surface area contributed by atoms with Crippen molar-refractivity contribution in [1.82, 2.24) is 9.88 Å². The van der Waals surface area contributed by atoms with Crippen LogP contribution >= 0.6 is 23.4 Å². The van der Waals surface area contributed by atoms with Gasteiger partial charge in [0.15, 0.2) is 5.69 Å². The van der Waals surface area contributed by atoms with E-state index in [2.05, 4.69) is 4.98 Å². The second-order valence-electron chi connectivity index (χ2n) is 4.72. The maximum absolute atomic E-state index is 12.6. The van der Waals surface area contributed by atoms with Crippen LogP contribution in [0.4, 0.5) is 5.69 Å². The van der Waals surface area contributed by atoms with Crippen LogP contribution < -0.4 is 5.32 Å². The smallest absolute Gasteiger partial charge is 0.240 e. The van der Waals surface area contributed by atoms with Gasteiger partial charge in [-0.1, -0.05) is 23.4 Å². The normalized spacial score (nSPS) is 12.6. The number of nitrogens with one attached hydrogen (secondary N) is 2.